The topological polar surface area (TPSA) is 15.3 Å². The van der Waals surface area contributed by atoms with Crippen LogP contribution in [0.2, 0.25) is 0 Å². The Bertz CT molecular complexity index is 448. The largest absolute Gasteiger partial charge is 0.312 e. The summed E-state index contributed by atoms with van der Waals surface area (Å²) >= 11 is 0. The van der Waals surface area contributed by atoms with E-state index in [0.717, 1.165) is 25.7 Å². The van der Waals surface area contributed by atoms with E-state index in [-0.39, 0.29) is 6.04 Å². The molecule has 0 bridgehead atoms. The van der Waals surface area contributed by atoms with Crippen molar-refractivity contribution in [3.05, 3.63) is 35.4 Å². The lowest BCUT2D eigenvalue weighted by Crippen LogP contribution is -2.33. The van der Waals surface area contributed by atoms with Gasteiger partial charge in [0.05, 0.1) is 0 Å². The molecule has 1 aliphatic rings. The van der Waals surface area contributed by atoms with Gasteiger partial charge in [-0.15, -0.1) is 0 Å². The average Bonchev–Trinajstić information content (AvgIpc) is 2.88. The minimum atomic E-state index is -0.774. The van der Waals surface area contributed by atoms with Gasteiger partial charge in [-0.2, -0.15) is 0 Å². The van der Waals surface area contributed by atoms with Crippen LogP contribution in [0.1, 0.15) is 31.9 Å². The first-order valence-corrected chi connectivity index (χ1v) is 7.36. The van der Waals surface area contributed by atoms with Crippen molar-refractivity contribution in [2.24, 2.45) is 11.8 Å². The number of nitrogens with zero attached hydrogens (tertiary/aromatic N) is 1. The Kier molecular flexibility index (Phi) is 5.11. The second-order valence-corrected chi connectivity index (χ2v) is 6.04. The van der Waals surface area contributed by atoms with E-state index in [2.05, 4.69) is 24.1 Å². The molecule has 1 heterocycles. The lowest BCUT2D eigenvalue weighted by atomic mass is 9.95. The monoisotopic (exact) mass is 282 g/mol. The molecular formula is C16H24F2N2. The number of likely N-dealkylation sites (N-methyl/N-ethyl adjacent to an activating group) is 1. The van der Waals surface area contributed by atoms with Crippen molar-refractivity contribution in [2.75, 3.05) is 26.7 Å². The number of hydrogen-bond acceptors (Lipinski definition) is 2. The third-order valence-corrected chi connectivity index (χ3v) is 4.40. The first-order valence-electron chi connectivity index (χ1n) is 7.36. The third kappa shape index (κ3) is 3.36. The summed E-state index contributed by atoms with van der Waals surface area (Å²) in [7, 11) is 1.80. The van der Waals surface area contributed by atoms with E-state index in [4.69, 9.17) is 0 Å². The fourth-order valence-corrected chi connectivity index (χ4v) is 2.97. The number of likely N-dealkylation sites (tertiary alicyclic amines) is 1. The first-order chi connectivity index (χ1) is 9.52. The smallest absolute Gasteiger partial charge is 0.163 e. The van der Waals surface area contributed by atoms with E-state index in [9.17, 15) is 8.78 Å². The van der Waals surface area contributed by atoms with Gasteiger partial charge in [-0.3, -0.25) is 0 Å². The zero-order chi connectivity index (χ0) is 14.7. The lowest BCUT2D eigenvalue weighted by Gasteiger charge is -2.24. The van der Waals surface area contributed by atoms with Crippen molar-refractivity contribution in [1.82, 2.24) is 10.2 Å². The second-order valence-electron chi connectivity index (χ2n) is 6.04. The van der Waals surface area contributed by atoms with Crippen LogP contribution in [0.5, 0.6) is 0 Å². The van der Waals surface area contributed by atoms with Crippen molar-refractivity contribution in [2.45, 2.75) is 26.3 Å². The Morgan fingerprint density at radius 1 is 1.35 bits per heavy atom. The molecule has 20 heavy (non-hydrogen) atoms. The predicted molar refractivity (Wildman–Crippen MR) is 77.5 cm³/mol. The normalized spacial score (nSPS) is 21.6. The summed E-state index contributed by atoms with van der Waals surface area (Å²) in [6, 6.07) is 4.22. The van der Waals surface area contributed by atoms with E-state index in [1.165, 1.54) is 6.42 Å². The molecular weight excluding hydrogens is 258 g/mol. The van der Waals surface area contributed by atoms with E-state index in [1.54, 1.807) is 19.2 Å². The lowest BCUT2D eigenvalue weighted by molar-refractivity contribution is 0.272. The van der Waals surface area contributed by atoms with Crippen molar-refractivity contribution < 1.29 is 8.78 Å². The van der Waals surface area contributed by atoms with Gasteiger partial charge in [0.25, 0.3) is 0 Å². The molecule has 0 saturated carbocycles. The third-order valence-electron chi connectivity index (χ3n) is 4.40. The van der Waals surface area contributed by atoms with Crippen molar-refractivity contribution in [3.8, 4) is 0 Å². The number of benzene rings is 1. The van der Waals surface area contributed by atoms with Crippen LogP contribution >= 0.6 is 0 Å². The standard InChI is InChI=1S/C16H24F2N2/c1-11(2)12-7-8-20(9-12)10-15(19-3)13-5-4-6-14(17)16(13)18/h4-6,11-12,15,19H,7-10H2,1-3H3. The fraction of sp³-hybridized carbons (Fsp3) is 0.625. The van der Waals surface area contributed by atoms with Gasteiger partial charge in [-0.25, -0.2) is 8.78 Å². The number of hydrogen-bond donors (Lipinski definition) is 1. The Morgan fingerprint density at radius 2 is 2.10 bits per heavy atom. The zero-order valence-electron chi connectivity index (χ0n) is 12.5. The van der Waals surface area contributed by atoms with Crippen LogP contribution in [0, 0.1) is 23.5 Å². The van der Waals surface area contributed by atoms with Crippen LogP contribution < -0.4 is 5.32 Å². The Labute approximate surface area is 120 Å². The molecule has 1 N–H and O–H groups in total. The summed E-state index contributed by atoms with van der Waals surface area (Å²) in [6.07, 6.45) is 1.19. The van der Waals surface area contributed by atoms with Crippen LogP contribution in [0.3, 0.4) is 0 Å². The van der Waals surface area contributed by atoms with Crippen LogP contribution in [-0.2, 0) is 0 Å². The Balaban J connectivity index is 2.05. The van der Waals surface area contributed by atoms with Crippen LogP contribution in [-0.4, -0.2) is 31.6 Å². The Hall–Kier alpha value is -1.00. The van der Waals surface area contributed by atoms with Gasteiger partial charge in [0.1, 0.15) is 0 Å². The van der Waals surface area contributed by atoms with Crippen molar-refractivity contribution >= 4 is 0 Å². The molecule has 1 aromatic rings. The molecule has 2 unspecified atom stereocenters. The molecule has 112 valence electrons. The molecule has 1 aromatic carbocycles. The van der Waals surface area contributed by atoms with Gasteiger partial charge in [0.15, 0.2) is 11.6 Å². The van der Waals surface area contributed by atoms with Gasteiger partial charge in [0, 0.05) is 24.7 Å². The highest BCUT2D eigenvalue weighted by Gasteiger charge is 2.27. The number of nitrogens with one attached hydrogen (secondary N) is 1. The highest BCUT2D eigenvalue weighted by atomic mass is 19.2. The molecule has 2 nitrogen and oxygen atoms in total. The molecule has 4 heteroatoms. The first kappa shape index (κ1) is 15.4. The quantitative estimate of drug-likeness (QED) is 0.892. The van der Waals surface area contributed by atoms with E-state index < -0.39 is 11.6 Å². The second kappa shape index (κ2) is 6.64. The summed E-state index contributed by atoms with van der Waals surface area (Å²) in [6.45, 7) is 7.30. The highest BCUT2D eigenvalue weighted by Crippen LogP contribution is 2.26. The molecule has 0 spiro atoms. The van der Waals surface area contributed by atoms with Gasteiger partial charge in [-0.1, -0.05) is 26.0 Å². The molecule has 0 aromatic heterocycles. The zero-order valence-corrected chi connectivity index (χ0v) is 12.5. The van der Waals surface area contributed by atoms with E-state index in [1.807, 2.05) is 0 Å². The molecule has 2 rings (SSSR count). The van der Waals surface area contributed by atoms with Crippen LogP contribution in [0.4, 0.5) is 8.78 Å². The highest BCUT2D eigenvalue weighted by molar-refractivity contribution is 5.23. The number of rotatable bonds is 5. The summed E-state index contributed by atoms with van der Waals surface area (Å²) in [4.78, 5) is 2.34. The molecule has 2 atom stereocenters. The molecule has 1 fully saturated rings. The maximum atomic E-state index is 13.9. The van der Waals surface area contributed by atoms with E-state index in [0.29, 0.717) is 17.4 Å². The summed E-state index contributed by atoms with van der Waals surface area (Å²) in [5.74, 6) is -0.112. The van der Waals surface area contributed by atoms with Crippen molar-refractivity contribution in [3.63, 3.8) is 0 Å². The molecule has 1 aliphatic heterocycles. The SMILES string of the molecule is CNC(CN1CCC(C(C)C)C1)c1cccc(F)c1F. The Morgan fingerprint density at radius 3 is 2.70 bits per heavy atom. The molecule has 0 radical (unpaired) electrons. The maximum Gasteiger partial charge on any atom is 0.163 e. The van der Waals surface area contributed by atoms with Crippen LogP contribution in [0.25, 0.3) is 0 Å². The maximum absolute atomic E-state index is 13.9. The van der Waals surface area contributed by atoms with Crippen LogP contribution in [0.15, 0.2) is 18.2 Å². The minimum Gasteiger partial charge on any atom is -0.312 e. The summed E-state index contributed by atoms with van der Waals surface area (Å²) in [5, 5.41) is 3.11. The van der Waals surface area contributed by atoms with Crippen molar-refractivity contribution in [1.29, 1.82) is 0 Å². The van der Waals surface area contributed by atoms with Gasteiger partial charge < -0.3 is 10.2 Å². The summed E-state index contributed by atoms with van der Waals surface area (Å²) < 4.78 is 27.2. The summed E-state index contributed by atoms with van der Waals surface area (Å²) in [5.41, 5.74) is 0.417. The van der Waals surface area contributed by atoms with Gasteiger partial charge >= 0.3 is 0 Å². The van der Waals surface area contributed by atoms with Gasteiger partial charge in [-0.05, 0) is 37.9 Å². The fourth-order valence-electron chi connectivity index (χ4n) is 2.97. The van der Waals surface area contributed by atoms with Gasteiger partial charge in [0.2, 0.25) is 0 Å². The number of halogens is 2. The molecule has 1 saturated heterocycles. The molecule has 0 amide bonds. The minimum absolute atomic E-state index is 0.170. The molecule has 0 aliphatic carbocycles. The predicted octanol–water partition coefficient (Wildman–Crippen LogP) is 3.20. The average molecular weight is 282 g/mol. The van der Waals surface area contributed by atoms with E-state index >= 15 is 0 Å².